The summed E-state index contributed by atoms with van der Waals surface area (Å²) in [5, 5.41) is 4.25. The number of ether oxygens (including phenoxy) is 2. The molecule has 1 aromatic carbocycles. The minimum atomic E-state index is -0.457. The van der Waals surface area contributed by atoms with Gasteiger partial charge in [-0.3, -0.25) is 9.59 Å². The van der Waals surface area contributed by atoms with Crippen molar-refractivity contribution in [2.24, 2.45) is 0 Å². The molecule has 1 aliphatic heterocycles. The number of rotatable bonds is 5. The summed E-state index contributed by atoms with van der Waals surface area (Å²) in [6.45, 7) is 3.20. The molecule has 1 aliphatic rings. The summed E-state index contributed by atoms with van der Waals surface area (Å²) in [4.78, 5) is 39.8. The fraction of sp³-hybridized carbons (Fsp3) is 0.400. The molecule has 0 aliphatic carbocycles. The van der Waals surface area contributed by atoms with Gasteiger partial charge in [0.25, 0.3) is 5.56 Å². The Balaban J connectivity index is 1.72. The lowest BCUT2D eigenvalue weighted by molar-refractivity contribution is -0.133. The molecule has 30 heavy (non-hydrogen) atoms. The van der Waals surface area contributed by atoms with Gasteiger partial charge in [0.2, 0.25) is 5.91 Å². The highest BCUT2D eigenvalue weighted by Crippen LogP contribution is 2.28. The molecule has 2 amide bonds. The van der Waals surface area contributed by atoms with Crippen LogP contribution in [0.15, 0.2) is 35.1 Å². The van der Waals surface area contributed by atoms with Crippen molar-refractivity contribution < 1.29 is 23.5 Å². The van der Waals surface area contributed by atoms with Gasteiger partial charge in [-0.25, -0.2) is 13.9 Å². The van der Waals surface area contributed by atoms with Gasteiger partial charge in [-0.2, -0.15) is 5.10 Å². The average molecular weight is 418 g/mol. The van der Waals surface area contributed by atoms with Crippen LogP contribution in [0, 0.1) is 5.82 Å². The van der Waals surface area contributed by atoms with E-state index >= 15 is 0 Å². The molecule has 3 rings (SSSR count). The van der Waals surface area contributed by atoms with E-state index in [2.05, 4.69) is 5.10 Å². The average Bonchev–Trinajstić information content (AvgIpc) is 2.75. The van der Waals surface area contributed by atoms with E-state index in [-0.39, 0.29) is 18.2 Å². The van der Waals surface area contributed by atoms with Crippen molar-refractivity contribution in [1.82, 2.24) is 19.6 Å². The molecule has 0 bridgehead atoms. The Morgan fingerprint density at radius 3 is 2.47 bits per heavy atom. The van der Waals surface area contributed by atoms with E-state index in [0.29, 0.717) is 44.0 Å². The summed E-state index contributed by atoms with van der Waals surface area (Å²) in [7, 11) is 1.41. The van der Waals surface area contributed by atoms with Gasteiger partial charge in [0.15, 0.2) is 0 Å². The van der Waals surface area contributed by atoms with Gasteiger partial charge in [-0.1, -0.05) is 0 Å². The smallest absolute Gasteiger partial charge is 0.409 e. The zero-order valence-electron chi connectivity index (χ0n) is 16.8. The van der Waals surface area contributed by atoms with Gasteiger partial charge in [0.05, 0.1) is 19.4 Å². The van der Waals surface area contributed by atoms with E-state index in [1.54, 1.807) is 16.7 Å². The molecule has 0 spiro atoms. The standard InChI is InChI=1S/C20H23FN4O5/c1-3-30-20(28)24-10-8-23(9-11-24)19(27)13-25-18(26)7-6-16(22-25)15-5-4-14(21)12-17(15)29-2/h4-7,12H,3,8-11,13H2,1-2H3. The third kappa shape index (κ3) is 4.76. The molecule has 0 atom stereocenters. The lowest BCUT2D eigenvalue weighted by Crippen LogP contribution is -2.51. The number of aromatic nitrogens is 2. The summed E-state index contributed by atoms with van der Waals surface area (Å²) < 4.78 is 24.7. The second-order valence-electron chi connectivity index (χ2n) is 6.63. The second-order valence-corrected chi connectivity index (χ2v) is 6.63. The van der Waals surface area contributed by atoms with Crippen LogP contribution in [0.3, 0.4) is 0 Å². The minimum absolute atomic E-state index is 0.240. The van der Waals surface area contributed by atoms with Crippen LogP contribution >= 0.6 is 0 Å². The van der Waals surface area contributed by atoms with Gasteiger partial charge in [0.1, 0.15) is 18.1 Å². The van der Waals surface area contributed by atoms with E-state index in [0.717, 1.165) is 4.68 Å². The van der Waals surface area contributed by atoms with Crippen LogP contribution in [-0.4, -0.2) is 71.5 Å². The number of halogens is 1. The first-order valence-corrected chi connectivity index (χ1v) is 9.54. The highest BCUT2D eigenvalue weighted by Gasteiger charge is 2.25. The fourth-order valence-corrected chi connectivity index (χ4v) is 3.16. The summed E-state index contributed by atoms with van der Waals surface area (Å²) in [5.74, 6) is -0.466. The number of methoxy groups -OCH3 is 1. The first-order valence-electron chi connectivity index (χ1n) is 9.54. The molecule has 1 aromatic heterocycles. The largest absolute Gasteiger partial charge is 0.496 e. The molecule has 2 heterocycles. The number of hydrogen-bond acceptors (Lipinski definition) is 6. The summed E-state index contributed by atoms with van der Waals surface area (Å²) in [5.41, 5.74) is 0.452. The summed E-state index contributed by atoms with van der Waals surface area (Å²) in [6, 6.07) is 6.79. The zero-order chi connectivity index (χ0) is 21.7. The van der Waals surface area contributed by atoms with Crippen LogP contribution < -0.4 is 10.3 Å². The Kier molecular flexibility index (Phi) is 6.65. The van der Waals surface area contributed by atoms with Crippen LogP contribution in [0.4, 0.5) is 9.18 Å². The topological polar surface area (TPSA) is 94.0 Å². The maximum atomic E-state index is 13.5. The number of benzene rings is 1. The molecular formula is C20H23FN4O5. The van der Waals surface area contributed by atoms with E-state index in [9.17, 15) is 18.8 Å². The summed E-state index contributed by atoms with van der Waals surface area (Å²) in [6.07, 6.45) is -0.400. The third-order valence-corrected chi connectivity index (χ3v) is 4.75. The van der Waals surface area contributed by atoms with Crippen molar-refractivity contribution in [3.8, 4) is 17.0 Å². The van der Waals surface area contributed by atoms with Crippen molar-refractivity contribution in [2.75, 3.05) is 39.9 Å². The number of nitrogens with zero attached hydrogens (tertiary/aromatic N) is 4. The fourth-order valence-electron chi connectivity index (χ4n) is 3.16. The number of hydrogen-bond donors (Lipinski definition) is 0. The Morgan fingerprint density at radius 1 is 1.10 bits per heavy atom. The number of piperazine rings is 1. The SMILES string of the molecule is CCOC(=O)N1CCN(C(=O)Cn2nc(-c3ccc(F)cc3OC)ccc2=O)CC1. The van der Waals surface area contributed by atoms with Crippen LogP contribution in [0.1, 0.15) is 6.92 Å². The normalized spacial score (nSPS) is 13.8. The Bertz CT molecular complexity index is 985. The van der Waals surface area contributed by atoms with E-state index in [1.165, 1.54) is 37.4 Å². The van der Waals surface area contributed by atoms with Gasteiger partial charge in [0, 0.05) is 43.9 Å². The van der Waals surface area contributed by atoms with Gasteiger partial charge >= 0.3 is 6.09 Å². The lowest BCUT2D eigenvalue weighted by atomic mass is 10.1. The zero-order valence-corrected chi connectivity index (χ0v) is 16.8. The predicted octanol–water partition coefficient (Wildman–Crippen LogP) is 1.36. The monoisotopic (exact) mass is 418 g/mol. The first-order chi connectivity index (χ1) is 14.4. The van der Waals surface area contributed by atoms with Crippen molar-refractivity contribution in [1.29, 1.82) is 0 Å². The second kappa shape index (κ2) is 9.38. The number of carbonyl (C=O) groups is 2. The highest BCUT2D eigenvalue weighted by atomic mass is 19.1. The first kappa shape index (κ1) is 21.3. The van der Waals surface area contributed by atoms with Crippen molar-refractivity contribution in [3.63, 3.8) is 0 Å². The molecule has 1 saturated heterocycles. The van der Waals surface area contributed by atoms with E-state index in [4.69, 9.17) is 9.47 Å². The van der Waals surface area contributed by atoms with Crippen LogP contribution in [0.2, 0.25) is 0 Å². The molecule has 1 fully saturated rings. The number of carbonyl (C=O) groups excluding carboxylic acids is 2. The molecule has 9 nitrogen and oxygen atoms in total. The molecule has 0 N–H and O–H groups in total. The molecule has 10 heteroatoms. The van der Waals surface area contributed by atoms with E-state index < -0.39 is 17.5 Å². The van der Waals surface area contributed by atoms with Gasteiger partial charge in [-0.15, -0.1) is 0 Å². The summed E-state index contributed by atoms with van der Waals surface area (Å²) >= 11 is 0. The number of amides is 2. The molecule has 160 valence electrons. The Morgan fingerprint density at radius 2 is 1.80 bits per heavy atom. The maximum absolute atomic E-state index is 13.5. The molecule has 0 unspecified atom stereocenters. The third-order valence-electron chi connectivity index (χ3n) is 4.75. The maximum Gasteiger partial charge on any atom is 0.409 e. The molecule has 2 aromatic rings. The predicted molar refractivity (Wildman–Crippen MR) is 106 cm³/mol. The van der Waals surface area contributed by atoms with Crippen LogP contribution in [-0.2, 0) is 16.1 Å². The van der Waals surface area contributed by atoms with Crippen molar-refractivity contribution in [2.45, 2.75) is 13.5 Å². The molecule has 0 radical (unpaired) electrons. The van der Waals surface area contributed by atoms with Gasteiger partial charge < -0.3 is 19.3 Å². The Labute approximate surface area is 172 Å². The van der Waals surface area contributed by atoms with Crippen LogP contribution in [0.5, 0.6) is 5.75 Å². The minimum Gasteiger partial charge on any atom is -0.496 e. The molecular weight excluding hydrogens is 395 g/mol. The quantitative estimate of drug-likeness (QED) is 0.728. The lowest BCUT2D eigenvalue weighted by Gasteiger charge is -2.34. The van der Waals surface area contributed by atoms with E-state index in [1.807, 2.05) is 0 Å². The molecule has 0 saturated carbocycles. The van der Waals surface area contributed by atoms with Crippen molar-refractivity contribution >= 4 is 12.0 Å². The Hall–Kier alpha value is -3.43. The highest BCUT2D eigenvalue weighted by molar-refractivity contribution is 5.76. The van der Waals surface area contributed by atoms with Crippen LogP contribution in [0.25, 0.3) is 11.3 Å². The van der Waals surface area contributed by atoms with Gasteiger partial charge in [-0.05, 0) is 25.1 Å². The van der Waals surface area contributed by atoms with Crippen molar-refractivity contribution in [3.05, 3.63) is 46.5 Å².